The van der Waals surface area contributed by atoms with E-state index >= 15 is 0 Å². The molecule has 8 nitrogen and oxygen atoms in total. The minimum absolute atomic E-state index is 0.613. The Hall–Kier alpha value is -3.52. The molecule has 0 atom stereocenters. The lowest BCUT2D eigenvalue weighted by Crippen LogP contribution is -2.36. The van der Waals surface area contributed by atoms with E-state index in [1.807, 2.05) is 30.3 Å². The SMILES string of the molecule is c1ccc(-c2nnc3ccc(Nc4ccc(N5CCOCC5)cc4)nn23)nc1. The molecule has 1 aliphatic rings. The monoisotopic (exact) mass is 373 g/mol. The fourth-order valence-corrected chi connectivity index (χ4v) is 3.24. The number of anilines is 3. The van der Waals surface area contributed by atoms with Crippen LogP contribution in [0.1, 0.15) is 0 Å². The Balaban J connectivity index is 1.39. The highest BCUT2D eigenvalue weighted by Gasteiger charge is 2.12. The zero-order chi connectivity index (χ0) is 18.8. The molecule has 1 aromatic carbocycles. The van der Waals surface area contributed by atoms with Gasteiger partial charge in [0.25, 0.3) is 0 Å². The Kier molecular flexibility index (Phi) is 4.30. The van der Waals surface area contributed by atoms with Gasteiger partial charge in [0.15, 0.2) is 11.5 Å². The summed E-state index contributed by atoms with van der Waals surface area (Å²) in [5, 5.41) is 16.4. The maximum atomic E-state index is 5.41. The van der Waals surface area contributed by atoms with Gasteiger partial charge in [-0.15, -0.1) is 15.3 Å². The summed E-state index contributed by atoms with van der Waals surface area (Å²) in [7, 11) is 0. The number of nitrogens with one attached hydrogen (secondary N) is 1. The van der Waals surface area contributed by atoms with Gasteiger partial charge in [0, 0.05) is 30.7 Å². The number of benzene rings is 1. The van der Waals surface area contributed by atoms with Crippen molar-refractivity contribution in [3.05, 3.63) is 60.8 Å². The molecule has 0 unspecified atom stereocenters. The standard InChI is InChI=1S/C20H19N7O/c1-2-10-21-17(3-1)20-24-23-19-9-8-18(25-27(19)20)22-15-4-6-16(7-5-15)26-11-13-28-14-12-26/h1-10H,11-14H2,(H,22,25). The van der Waals surface area contributed by atoms with Crippen molar-refractivity contribution in [1.29, 1.82) is 0 Å². The number of morpholine rings is 1. The lowest BCUT2D eigenvalue weighted by atomic mass is 10.2. The number of pyridine rings is 1. The van der Waals surface area contributed by atoms with Crippen LogP contribution in [0.25, 0.3) is 17.2 Å². The average Bonchev–Trinajstić information content (AvgIpc) is 3.19. The maximum absolute atomic E-state index is 5.41. The van der Waals surface area contributed by atoms with Gasteiger partial charge in [-0.25, -0.2) is 0 Å². The van der Waals surface area contributed by atoms with E-state index in [0.29, 0.717) is 17.3 Å². The third-order valence-corrected chi connectivity index (χ3v) is 4.67. The van der Waals surface area contributed by atoms with E-state index in [1.54, 1.807) is 10.7 Å². The van der Waals surface area contributed by atoms with Crippen LogP contribution < -0.4 is 10.2 Å². The summed E-state index contributed by atoms with van der Waals surface area (Å²) in [6, 6.07) is 17.8. The number of ether oxygens (including phenoxy) is 1. The highest BCUT2D eigenvalue weighted by molar-refractivity contribution is 5.62. The molecule has 5 rings (SSSR count). The molecule has 140 valence electrons. The van der Waals surface area contributed by atoms with Crippen molar-refractivity contribution < 1.29 is 4.74 Å². The first-order valence-electron chi connectivity index (χ1n) is 9.20. The van der Waals surface area contributed by atoms with Crippen molar-refractivity contribution in [3.63, 3.8) is 0 Å². The molecule has 0 radical (unpaired) electrons. The third-order valence-electron chi connectivity index (χ3n) is 4.67. The molecule has 0 spiro atoms. The minimum atomic E-state index is 0.613. The van der Waals surface area contributed by atoms with Gasteiger partial charge in [-0.3, -0.25) is 4.98 Å². The van der Waals surface area contributed by atoms with Crippen LogP contribution in [0.3, 0.4) is 0 Å². The number of hydrogen-bond donors (Lipinski definition) is 1. The molecule has 1 aliphatic heterocycles. The summed E-state index contributed by atoms with van der Waals surface area (Å²) < 4.78 is 7.12. The molecule has 1 fully saturated rings. The zero-order valence-corrected chi connectivity index (χ0v) is 15.2. The predicted molar refractivity (Wildman–Crippen MR) is 107 cm³/mol. The second-order valence-corrected chi connectivity index (χ2v) is 6.50. The van der Waals surface area contributed by atoms with Crippen molar-refractivity contribution in [2.24, 2.45) is 0 Å². The van der Waals surface area contributed by atoms with Crippen molar-refractivity contribution in [2.75, 3.05) is 36.5 Å². The first-order chi connectivity index (χ1) is 13.9. The molecule has 0 aliphatic carbocycles. The van der Waals surface area contributed by atoms with Gasteiger partial charge in [-0.1, -0.05) is 6.07 Å². The van der Waals surface area contributed by atoms with E-state index in [9.17, 15) is 0 Å². The van der Waals surface area contributed by atoms with Gasteiger partial charge in [0.2, 0.25) is 5.82 Å². The minimum Gasteiger partial charge on any atom is -0.378 e. The fourth-order valence-electron chi connectivity index (χ4n) is 3.24. The van der Waals surface area contributed by atoms with Crippen molar-refractivity contribution >= 4 is 22.8 Å². The van der Waals surface area contributed by atoms with E-state index in [2.05, 4.69) is 54.8 Å². The van der Waals surface area contributed by atoms with E-state index in [4.69, 9.17) is 4.74 Å². The van der Waals surface area contributed by atoms with Crippen LogP contribution >= 0.6 is 0 Å². The van der Waals surface area contributed by atoms with Crippen LogP contribution in [0.5, 0.6) is 0 Å². The number of hydrogen-bond acceptors (Lipinski definition) is 7. The first-order valence-corrected chi connectivity index (χ1v) is 9.20. The summed E-state index contributed by atoms with van der Waals surface area (Å²) in [4.78, 5) is 6.67. The fraction of sp³-hybridized carbons (Fsp3) is 0.200. The normalized spacial score (nSPS) is 14.4. The number of rotatable bonds is 4. The average molecular weight is 373 g/mol. The Morgan fingerprint density at radius 2 is 1.75 bits per heavy atom. The molecule has 4 aromatic rings. The molecule has 1 N–H and O–H groups in total. The predicted octanol–water partition coefficient (Wildman–Crippen LogP) is 2.77. The largest absolute Gasteiger partial charge is 0.378 e. The molecule has 28 heavy (non-hydrogen) atoms. The molecule has 0 amide bonds. The Bertz CT molecular complexity index is 1070. The van der Waals surface area contributed by atoms with Gasteiger partial charge in [0.1, 0.15) is 5.69 Å². The van der Waals surface area contributed by atoms with Crippen LogP contribution in [0, 0.1) is 0 Å². The second kappa shape index (κ2) is 7.24. The van der Waals surface area contributed by atoms with Crippen molar-refractivity contribution in [3.8, 4) is 11.5 Å². The highest BCUT2D eigenvalue weighted by atomic mass is 16.5. The zero-order valence-electron chi connectivity index (χ0n) is 15.2. The van der Waals surface area contributed by atoms with Crippen LogP contribution in [-0.4, -0.2) is 51.1 Å². The topological polar surface area (TPSA) is 80.5 Å². The molecular formula is C20H19N7O. The van der Waals surface area contributed by atoms with E-state index < -0.39 is 0 Å². The first kappa shape index (κ1) is 16.6. The van der Waals surface area contributed by atoms with Gasteiger partial charge in [0.05, 0.1) is 13.2 Å². The Morgan fingerprint density at radius 1 is 0.893 bits per heavy atom. The molecule has 0 saturated carbocycles. The number of fused-ring (bicyclic) bond motifs is 1. The highest BCUT2D eigenvalue weighted by Crippen LogP contribution is 2.22. The smallest absolute Gasteiger partial charge is 0.203 e. The quantitative estimate of drug-likeness (QED) is 0.589. The van der Waals surface area contributed by atoms with E-state index in [-0.39, 0.29) is 0 Å². The molecule has 8 heteroatoms. The number of aromatic nitrogens is 5. The summed E-state index contributed by atoms with van der Waals surface area (Å²) in [6.07, 6.45) is 1.73. The Morgan fingerprint density at radius 3 is 2.54 bits per heavy atom. The summed E-state index contributed by atoms with van der Waals surface area (Å²) in [5.41, 5.74) is 3.58. The maximum Gasteiger partial charge on any atom is 0.203 e. The summed E-state index contributed by atoms with van der Waals surface area (Å²) >= 11 is 0. The van der Waals surface area contributed by atoms with E-state index in [1.165, 1.54) is 5.69 Å². The molecular weight excluding hydrogens is 354 g/mol. The van der Waals surface area contributed by atoms with Gasteiger partial charge >= 0.3 is 0 Å². The van der Waals surface area contributed by atoms with Gasteiger partial charge in [-0.05, 0) is 48.5 Å². The molecule has 1 saturated heterocycles. The molecule has 4 heterocycles. The van der Waals surface area contributed by atoms with Crippen LogP contribution in [0.4, 0.5) is 17.2 Å². The second-order valence-electron chi connectivity index (χ2n) is 6.50. The van der Waals surface area contributed by atoms with Crippen LogP contribution in [0.2, 0.25) is 0 Å². The lowest BCUT2D eigenvalue weighted by Gasteiger charge is -2.28. The van der Waals surface area contributed by atoms with Crippen molar-refractivity contribution in [2.45, 2.75) is 0 Å². The van der Waals surface area contributed by atoms with Crippen LogP contribution in [0.15, 0.2) is 60.8 Å². The van der Waals surface area contributed by atoms with E-state index in [0.717, 1.165) is 37.7 Å². The molecule has 0 bridgehead atoms. The third kappa shape index (κ3) is 3.25. The van der Waals surface area contributed by atoms with Crippen molar-refractivity contribution in [1.82, 2.24) is 24.8 Å². The lowest BCUT2D eigenvalue weighted by molar-refractivity contribution is 0.122. The molecule has 3 aromatic heterocycles. The van der Waals surface area contributed by atoms with Gasteiger partial charge in [-0.2, -0.15) is 4.52 Å². The van der Waals surface area contributed by atoms with Gasteiger partial charge < -0.3 is 15.0 Å². The summed E-state index contributed by atoms with van der Waals surface area (Å²) in [5.74, 6) is 1.32. The summed E-state index contributed by atoms with van der Waals surface area (Å²) in [6.45, 7) is 3.41. The number of nitrogens with zero attached hydrogens (tertiary/aromatic N) is 6. The Labute approximate surface area is 161 Å². The van der Waals surface area contributed by atoms with Crippen LogP contribution in [-0.2, 0) is 4.74 Å².